The largest absolute Gasteiger partial charge is 0.340 e. The number of aromatic nitrogens is 1. The van der Waals surface area contributed by atoms with Gasteiger partial charge >= 0.3 is 0 Å². The molecule has 0 saturated carbocycles. The maximum absolute atomic E-state index is 12.1. The van der Waals surface area contributed by atoms with Crippen molar-refractivity contribution in [3.05, 3.63) is 83.0 Å². The number of amides is 1. The van der Waals surface area contributed by atoms with E-state index in [9.17, 15) is 4.79 Å². The number of hydrogen-bond donors (Lipinski definition) is 1. The van der Waals surface area contributed by atoms with Crippen molar-refractivity contribution in [3.8, 4) is 0 Å². The molecule has 0 aliphatic rings. The Balaban J connectivity index is 1.86. The van der Waals surface area contributed by atoms with Crippen LogP contribution in [0.5, 0.6) is 0 Å². The molecule has 0 saturated heterocycles. The van der Waals surface area contributed by atoms with E-state index < -0.39 is 0 Å². The van der Waals surface area contributed by atoms with Crippen molar-refractivity contribution in [2.45, 2.75) is 13.5 Å². The predicted octanol–water partition coefficient (Wildman–Crippen LogP) is 4.55. The molecular formula is C20H18ClN3O. The first-order valence-corrected chi connectivity index (χ1v) is 8.27. The lowest BCUT2D eigenvalue weighted by Gasteiger charge is -2.04. The van der Waals surface area contributed by atoms with Gasteiger partial charge < -0.3 is 4.57 Å². The minimum atomic E-state index is -0.277. The minimum absolute atomic E-state index is 0.277. The minimum Gasteiger partial charge on any atom is -0.340 e. The number of allylic oxidation sites excluding steroid dienone is 1. The Morgan fingerprint density at radius 3 is 2.68 bits per heavy atom. The normalized spacial score (nSPS) is 11.1. The molecule has 0 spiro atoms. The summed E-state index contributed by atoms with van der Waals surface area (Å²) in [7, 11) is 0. The Labute approximate surface area is 151 Å². The number of fused-ring (bicyclic) bond motifs is 1. The third-order valence-electron chi connectivity index (χ3n) is 4.06. The molecule has 0 atom stereocenters. The van der Waals surface area contributed by atoms with E-state index in [1.807, 2.05) is 31.2 Å². The number of rotatable bonds is 5. The van der Waals surface area contributed by atoms with Crippen LogP contribution < -0.4 is 5.43 Å². The zero-order chi connectivity index (χ0) is 17.8. The molecule has 25 heavy (non-hydrogen) atoms. The molecule has 1 aromatic heterocycles. The average molecular weight is 352 g/mol. The van der Waals surface area contributed by atoms with E-state index in [0.29, 0.717) is 10.6 Å². The lowest BCUT2D eigenvalue weighted by Crippen LogP contribution is -2.17. The van der Waals surface area contributed by atoms with Crippen molar-refractivity contribution >= 4 is 34.6 Å². The third-order valence-corrected chi connectivity index (χ3v) is 4.31. The number of nitrogens with zero attached hydrogens (tertiary/aromatic N) is 2. The summed E-state index contributed by atoms with van der Waals surface area (Å²) < 4.78 is 2.17. The molecule has 1 heterocycles. The second kappa shape index (κ2) is 7.36. The Hall–Kier alpha value is -2.85. The molecule has 0 unspecified atom stereocenters. The van der Waals surface area contributed by atoms with Gasteiger partial charge in [-0.3, -0.25) is 4.79 Å². The molecular weight excluding hydrogens is 334 g/mol. The molecule has 126 valence electrons. The lowest BCUT2D eigenvalue weighted by molar-refractivity contribution is 0.0955. The number of nitrogens with one attached hydrogen (secondary N) is 1. The highest BCUT2D eigenvalue weighted by molar-refractivity contribution is 6.30. The Kier molecular flexibility index (Phi) is 5.00. The van der Waals surface area contributed by atoms with Crippen LogP contribution in [0.25, 0.3) is 10.9 Å². The quantitative estimate of drug-likeness (QED) is 0.409. The van der Waals surface area contributed by atoms with Gasteiger partial charge in [-0.15, -0.1) is 6.58 Å². The van der Waals surface area contributed by atoms with Gasteiger partial charge in [0.15, 0.2) is 0 Å². The Morgan fingerprint density at radius 1 is 1.24 bits per heavy atom. The van der Waals surface area contributed by atoms with E-state index in [0.717, 1.165) is 28.7 Å². The number of carbonyl (C=O) groups excluding carboxylic acids is 1. The summed E-state index contributed by atoms with van der Waals surface area (Å²) in [6.45, 7) is 6.57. The number of benzene rings is 2. The van der Waals surface area contributed by atoms with E-state index in [1.165, 1.54) is 0 Å². The summed E-state index contributed by atoms with van der Waals surface area (Å²) in [5.74, 6) is -0.277. The van der Waals surface area contributed by atoms with Crippen LogP contribution in [-0.4, -0.2) is 16.7 Å². The number of carbonyl (C=O) groups is 1. The van der Waals surface area contributed by atoms with Crippen molar-refractivity contribution in [2.75, 3.05) is 0 Å². The topological polar surface area (TPSA) is 46.4 Å². The van der Waals surface area contributed by atoms with Gasteiger partial charge in [-0.2, -0.15) is 5.10 Å². The lowest BCUT2D eigenvalue weighted by atomic mass is 10.1. The molecule has 1 amide bonds. The van der Waals surface area contributed by atoms with Crippen LogP contribution in [0.4, 0.5) is 0 Å². The zero-order valence-corrected chi connectivity index (χ0v) is 14.6. The summed E-state index contributed by atoms with van der Waals surface area (Å²) in [5, 5.41) is 5.81. The van der Waals surface area contributed by atoms with Gasteiger partial charge in [0.1, 0.15) is 0 Å². The van der Waals surface area contributed by atoms with Gasteiger partial charge in [0.05, 0.1) is 6.21 Å². The van der Waals surface area contributed by atoms with Crippen molar-refractivity contribution in [2.24, 2.45) is 5.10 Å². The smallest absolute Gasteiger partial charge is 0.271 e. The van der Waals surface area contributed by atoms with Crippen molar-refractivity contribution in [1.82, 2.24) is 9.99 Å². The van der Waals surface area contributed by atoms with Crippen LogP contribution in [0, 0.1) is 6.92 Å². The van der Waals surface area contributed by atoms with E-state index >= 15 is 0 Å². The highest BCUT2D eigenvalue weighted by Crippen LogP contribution is 2.24. The van der Waals surface area contributed by atoms with Gasteiger partial charge in [0.25, 0.3) is 5.91 Å². The first kappa shape index (κ1) is 17.0. The fourth-order valence-electron chi connectivity index (χ4n) is 2.81. The number of para-hydroxylation sites is 1. The summed E-state index contributed by atoms with van der Waals surface area (Å²) in [5.41, 5.74) is 6.24. The maximum atomic E-state index is 12.1. The zero-order valence-electron chi connectivity index (χ0n) is 13.9. The number of halogens is 1. The fourth-order valence-corrected chi connectivity index (χ4v) is 2.93. The SMILES string of the molecule is C=CCn1c(C)c(/C=N\NC(=O)c2ccc(Cl)cc2)c2ccccc21. The third kappa shape index (κ3) is 3.49. The summed E-state index contributed by atoms with van der Waals surface area (Å²) >= 11 is 5.83. The molecule has 3 aromatic rings. The molecule has 3 rings (SSSR count). The van der Waals surface area contributed by atoms with Gasteiger partial charge in [0.2, 0.25) is 0 Å². The van der Waals surface area contributed by atoms with E-state index in [2.05, 4.69) is 27.7 Å². The Morgan fingerprint density at radius 2 is 1.96 bits per heavy atom. The fraction of sp³-hybridized carbons (Fsp3) is 0.100. The molecule has 0 fully saturated rings. The van der Waals surface area contributed by atoms with Crippen molar-refractivity contribution in [1.29, 1.82) is 0 Å². The summed E-state index contributed by atoms with van der Waals surface area (Å²) in [6.07, 6.45) is 3.55. The van der Waals surface area contributed by atoms with Crippen LogP contribution in [0.3, 0.4) is 0 Å². The van der Waals surface area contributed by atoms with Gasteiger partial charge in [0, 0.05) is 39.3 Å². The van der Waals surface area contributed by atoms with Crippen LogP contribution >= 0.6 is 11.6 Å². The van der Waals surface area contributed by atoms with Crippen LogP contribution in [-0.2, 0) is 6.54 Å². The summed E-state index contributed by atoms with van der Waals surface area (Å²) in [4.78, 5) is 12.1. The molecule has 0 radical (unpaired) electrons. The molecule has 1 N–H and O–H groups in total. The first-order valence-electron chi connectivity index (χ1n) is 7.89. The number of hydrazone groups is 1. The predicted molar refractivity (Wildman–Crippen MR) is 103 cm³/mol. The monoisotopic (exact) mass is 351 g/mol. The van der Waals surface area contributed by atoms with Gasteiger partial charge in [-0.1, -0.05) is 35.9 Å². The second-order valence-electron chi connectivity index (χ2n) is 5.62. The van der Waals surface area contributed by atoms with Crippen LogP contribution in [0.2, 0.25) is 5.02 Å². The standard InChI is InChI=1S/C20H18ClN3O/c1-3-12-24-14(2)18(17-6-4-5-7-19(17)24)13-22-23-20(25)15-8-10-16(21)11-9-15/h3-11,13H,1,12H2,2H3,(H,23,25)/b22-13-. The second-order valence-corrected chi connectivity index (χ2v) is 6.06. The maximum Gasteiger partial charge on any atom is 0.271 e. The highest BCUT2D eigenvalue weighted by Gasteiger charge is 2.11. The molecule has 0 bridgehead atoms. The van der Waals surface area contributed by atoms with E-state index in [1.54, 1.807) is 30.5 Å². The Bertz CT molecular complexity index is 955. The molecule has 4 nitrogen and oxygen atoms in total. The van der Waals surface area contributed by atoms with E-state index in [-0.39, 0.29) is 5.91 Å². The highest BCUT2D eigenvalue weighted by atomic mass is 35.5. The molecule has 0 aliphatic carbocycles. The average Bonchev–Trinajstić information content (AvgIpc) is 2.88. The summed E-state index contributed by atoms with van der Waals surface area (Å²) in [6, 6.07) is 14.8. The molecule has 5 heteroatoms. The number of hydrogen-bond acceptors (Lipinski definition) is 2. The molecule has 0 aliphatic heterocycles. The van der Waals surface area contributed by atoms with Crippen molar-refractivity contribution in [3.63, 3.8) is 0 Å². The van der Waals surface area contributed by atoms with Crippen LogP contribution in [0.1, 0.15) is 21.6 Å². The van der Waals surface area contributed by atoms with E-state index in [4.69, 9.17) is 11.6 Å². The first-order chi connectivity index (χ1) is 12.1. The van der Waals surface area contributed by atoms with Crippen LogP contribution in [0.15, 0.2) is 66.3 Å². The molecule has 2 aromatic carbocycles. The van der Waals surface area contributed by atoms with Gasteiger partial charge in [-0.05, 0) is 37.3 Å². The van der Waals surface area contributed by atoms with Gasteiger partial charge in [-0.25, -0.2) is 5.43 Å². The van der Waals surface area contributed by atoms with Crippen molar-refractivity contribution < 1.29 is 4.79 Å².